The van der Waals surface area contributed by atoms with Crippen molar-refractivity contribution < 1.29 is 5.11 Å². The van der Waals surface area contributed by atoms with E-state index in [9.17, 15) is 5.11 Å². The molecule has 1 unspecified atom stereocenters. The number of unbranched alkanes of at least 4 members (excludes halogenated alkanes) is 1. The fraction of sp³-hybridized carbons (Fsp3) is 0.667. The van der Waals surface area contributed by atoms with Crippen LogP contribution in [0.25, 0.3) is 0 Å². The summed E-state index contributed by atoms with van der Waals surface area (Å²) in [5.74, 6) is 0.719. The number of rotatable bonds is 10. The maximum absolute atomic E-state index is 10.4. The number of aliphatic hydroxyl groups excluding tert-OH is 1. The fourth-order valence-corrected chi connectivity index (χ4v) is 3.93. The molecule has 0 bridgehead atoms. The van der Waals surface area contributed by atoms with E-state index in [-0.39, 0.29) is 6.54 Å². The lowest BCUT2D eigenvalue weighted by Gasteiger charge is -2.34. The Bertz CT molecular complexity index is 615. The molecule has 0 radical (unpaired) electrons. The lowest BCUT2D eigenvalue weighted by molar-refractivity contribution is 0.136. The van der Waals surface area contributed by atoms with Gasteiger partial charge in [0.15, 0.2) is 5.96 Å². The number of piperazine rings is 1. The second-order valence-electron chi connectivity index (χ2n) is 7.35. The molecule has 29 heavy (non-hydrogen) atoms. The van der Waals surface area contributed by atoms with Gasteiger partial charge in [0.05, 0.1) is 12.6 Å². The lowest BCUT2D eigenvalue weighted by Crippen LogP contribution is -2.46. The van der Waals surface area contributed by atoms with Crippen LogP contribution in [0.1, 0.15) is 38.4 Å². The summed E-state index contributed by atoms with van der Waals surface area (Å²) in [5.41, 5.74) is 0.672. The first kappa shape index (κ1) is 24.2. The highest BCUT2D eigenvalue weighted by Crippen LogP contribution is 2.23. The van der Waals surface area contributed by atoms with E-state index in [4.69, 9.17) is 23.2 Å². The molecule has 2 rings (SSSR count). The normalized spacial score (nSPS) is 17.3. The summed E-state index contributed by atoms with van der Waals surface area (Å²) in [6, 6.07) is 5.08. The van der Waals surface area contributed by atoms with Crippen molar-refractivity contribution in [1.82, 2.24) is 20.4 Å². The number of guanidine groups is 1. The van der Waals surface area contributed by atoms with E-state index >= 15 is 0 Å². The third-order valence-electron chi connectivity index (χ3n) is 5.14. The highest BCUT2D eigenvalue weighted by Gasteiger charge is 2.14. The van der Waals surface area contributed by atoms with Crippen LogP contribution in [0.4, 0.5) is 0 Å². The fourth-order valence-electron chi connectivity index (χ4n) is 3.39. The molecule has 0 spiro atoms. The number of benzene rings is 1. The standard InChI is InChI=1S/C21H35Cl2N5O/c1-3-24-21(26-16-20(29)17-13-18(22)15-19(23)14-17)25-7-5-6-8-28-11-9-27(4-2)10-12-28/h13-15,20,29H,3-12,16H2,1-2H3,(H2,24,25,26). The molecule has 8 heteroatoms. The first-order valence-corrected chi connectivity index (χ1v) is 11.4. The Morgan fingerprint density at radius 2 is 1.69 bits per heavy atom. The second kappa shape index (κ2) is 13.3. The molecule has 1 atom stereocenters. The minimum atomic E-state index is -0.747. The highest BCUT2D eigenvalue weighted by molar-refractivity contribution is 6.34. The number of halogens is 2. The van der Waals surface area contributed by atoms with E-state index in [1.165, 1.54) is 32.6 Å². The predicted molar refractivity (Wildman–Crippen MR) is 123 cm³/mol. The van der Waals surface area contributed by atoms with Crippen molar-refractivity contribution in [3.8, 4) is 0 Å². The minimum Gasteiger partial charge on any atom is -0.386 e. The molecule has 0 aliphatic carbocycles. The summed E-state index contributed by atoms with van der Waals surface area (Å²) >= 11 is 12.0. The summed E-state index contributed by atoms with van der Waals surface area (Å²) in [5, 5.41) is 18.0. The quantitative estimate of drug-likeness (QED) is 0.294. The van der Waals surface area contributed by atoms with E-state index in [1.807, 2.05) is 6.92 Å². The van der Waals surface area contributed by atoms with E-state index in [1.54, 1.807) is 18.2 Å². The number of hydrogen-bond acceptors (Lipinski definition) is 4. The molecule has 1 heterocycles. The molecule has 1 aromatic rings. The molecule has 0 amide bonds. The van der Waals surface area contributed by atoms with Crippen LogP contribution in [0, 0.1) is 0 Å². The summed E-state index contributed by atoms with van der Waals surface area (Å²) < 4.78 is 0. The topological polar surface area (TPSA) is 63.1 Å². The monoisotopic (exact) mass is 443 g/mol. The van der Waals surface area contributed by atoms with Gasteiger partial charge in [-0.3, -0.25) is 4.99 Å². The number of aliphatic hydroxyl groups is 1. The maximum atomic E-state index is 10.4. The molecule has 0 saturated carbocycles. The zero-order valence-corrected chi connectivity index (χ0v) is 19.1. The van der Waals surface area contributed by atoms with Gasteiger partial charge < -0.3 is 25.5 Å². The van der Waals surface area contributed by atoms with E-state index in [0.29, 0.717) is 15.6 Å². The summed E-state index contributed by atoms with van der Waals surface area (Å²) in [7, 11) is 0. The first-order chi connectivity index (χ1) is 14.0. The molecular weight excluding hydrogens is 409 g/mol. The molecule has 0 aromatic heterocycles. The lowest BCUT2D eigenvalue weighted by atomic mass is 10.1. The number of likely N-dealkylation sites (N-methyl/N-ethyl adjacent to an activating group) is 1. The molecule has 1 fully saturated rings. The van der Waals surface area contributed by atoms with Gasteiger partial charge in [0.2, 0.25) is 0 Å². The number of nitrogens with one attached hydrogen (secondary N) is 2. The van der Waals surface area contributed by atoms with Crippen molar-refractivity contribution in [2.75, 3.05) is 58.9 Å². The molecule has 1 saturated heterocycles. The summed E-state index contributed by atoms with van der Waals surface area (Å²) in [6.45, 7) is 13.2. The first-order valence-electron chi connectivity index (χ1n) is 10.6. The van der Waals surface area contributed by atoms with Gasteiger partial charge in [-0.05, 0) is 56.6 Å². The smallest absolute Gasteiger partial charge is 0.191 e. The molecule has 1 aromatic carbocycles. The van der Waals surface area contributed by atoms with Crippen LogP contribution < -0.4 is 10.6 Å². The zero-order chi connectivity index (χ0) is 21.1. The molecule has 3 N–H and O–H groups in total. The number of aliphatic imine (C=N–C) groups is 1. The average Bonchev–Trinajstić information content (AvgIpc) is 2.71. The van der Waals surface area contributed by atoms with Crippen LogP contribution in [-0.2, 0) is 0 Å². The maximum Gasteiger partial charge on any atom is 0.191 e. The molecule has 164 valence electrons. The number of nitrogens with zero attached hydrogens (tertiary/aromatic N) is 3. The Kier molecular flexibility index (Phi) is 11.1. The van der Waals surface area contributed by atoms with E-state index < -0.39 is 6.10 Å². The Morgan fingerprint density at radius 3 is 2.31 bits per heavy atom. The van der Waals surface area contributed by atoms with E-state index in [0.717, 1.165) is 38.6 Å². The molecule has 1 aliphatic rings. The second-order valence-corrected chi connectivity index (χ2v) is 8.22. The third kappa shape index (κ3) is 9.09. The molecule has 1 aliphatic heterocycles. The van der Waals surface area contributed by atoms with Crippen LogP contribution in [0.3, 0.4) is 0 Å². The molecule has 6 nitrogen and oxygen atoms in total. The Morgan fingerprint density at radius 1 is 1.03 bits per heavy atom. The van der Waals surface area contributed by atoms with Crippen molar-refractivity contribution in [2.45, 2.75) is 32.8 Å². The van der Waals surface area contributed by atoms with Gasteiger partial charge in [-0.1, -0.05) is 30.1 Å². The Hall–Kier alpha value is -1.05. The van der Waals surface area contributed by atoms with Crippen LogP contribution in [0.15, 0.2) is 23.2 Å². The van der Waals surface area contributed by atoms with Gasteiger partial charge >= 0.3 is 0 Å². The summed E-state index contributed by atoms with van der Waals surface area (Å²) in [6.07, 6.45) is 1.51. The van der Waals surface area contributed by atoms with Crippen LogP contribution in [-0.4, -0.2) is 79.8 Å². The zero-order valence-electron chi connectivity index (χ0n) is 17.6. The number of hydrogen-bond donors (Lipinski definition) is 3. The van der Waals surface area contributed by atoms with Crippen molar-refractivity contribution in [2.24, 2.45) is 4.99 Å². The Labute approximate surface area is 185 Å². The van der Waals surface area contributed by atoms with Crippen molar-refractivity contribution >= 4 is 29.2 Å². The summed E-state index contributed by atoms with van der Waals surface area (Å²) in [4.78, 5) is 9.55. The SMILES string of the molecule is CCNC(=NCC(O)c1cc(Cl)cc(Cl)c1)NCCCCN1CCN(CC)CC1. The minimum absolute atomic E-state index is 0.244. The third-order valence-corrected chi connectivity index (χ3v) is 5.58. The van der Waals surface area contributed by atoms with Gasteiger partial charge in [0.1, 0.15) is 0 Å². The highest BCUT2D eigenvalue weighted by atomic mass is 35.5. The van der Waals surface area contributed by atoms with Gasteiger partial charge in [-0.15, -0.1) is 0 Å². The van der Waals surface area contributed by atoms with Crippen molar-refractivity contribution in [1.29, 1.82) is 0 Å². The van der Waals surface area contributed by atoms with Crippen LogP contribution >= 0.6 is 23.2 Å². The largest absolute Gasteiger partial charge is 0.386 e. The van der Waals surface area contributed by atoms with Crippen LogP contribution in [0.5, 0.6) is 0 Å². The average molecular weight is 444 g/mol. The van der Waals surface area contributed by atoms with Crippen molar-refractivity contribution in [3.05, 3.63) is 33.8 Å². The van der Waals surface area contributed by atoms with Gasteiger partial charge in [0, 0.05) is 49.3 Å². The van der Waals surface area contributed by atoms with Crippen molar-refractivity contribution in [3.63, 3.8) is 0 Å². The van der Waals surface area contributed by atoms with E-state index in [2.05, 4.69) is 32.3 Å². The Balaban J connectivity index is 1.70. The molecular formula is C21H35Cl2N5O. The van der Waals surface area contributed by atoms with Crippen LogP contribution in [0.2, 0.25) is 10.0 Å². The van der Waals surface area contributed by atoms with Gasteiger partial charge in [0.25, 0.3) is 0 Å². The predicted octanol–water partition coefficient (Wildman–Crippen LogP) is 3.00. The van der Waals surface area contributed by atoms with Gasteiger partial charge in [-0.2, -0.15) is 0 Å². The van der Waals surface area contributed by atoms with Gasteiger partial charge in [-0.25, -0.2) is 0 Å².